The van der Waals surface area contributed by atoms with Crippen molar-refractivity contribution in [2.45, 2.75) is 50.6 Å². The van der Waals surface area contributed by atoms with E-state index in [1.54, 1.807) is 0 Å². The van der Waals surface area contributed by atoms with Gasteiger partial charge in [-0.05, 0) is 53.9 Å². The lowest BCUT2D eigenvalue weighted by Gasteiger charge is -2.50. The van der Waals surface area contributed by atoms with Gasteiger partial charge in [0.25, 0.3) is 0 Å². The highest BCUT2D eigenvalue weighted by atomic mass is 79.9. The second-order valence-electron chi connectivity index (χ2n) is 6.29. The summed E-state index contributed by atoms with van der Waals surface area (Å²) in [6.45, 7) is 4.53. The van der Waals surface area contributed by atoms with Crippen LogP contribution in [0.2, 0.25) is 0 Å². The molecule has 1 spiro atoms. The van der Waals surface area contributed by atoms with Crippen LogP contribution in [0, 0.1) is 0 Å². The van der Waals surface area contributed by atoms with Crippen molar-refractivity contribution < 1.29 is 0 Å². The number of benzene rings is 1. The summed E-state index contributed by atoms with van der Waals surface area (Å²) in [5, 5.41) is 3.85. The average molecular weight is 402 g/mol. The molecule has 2 aliphatic rings. The molecule has 0 bridgehead atoms. The topological polar surface area (TPSA) is 15.3 Å². The summed E-state index contributed by atoms with van der Waals surface area (Å²) in [4.78, 5) is 2.58. The van der Waals surface area contributed by atoms with Gasteiger partial charge in [-0.3, -0.25) is 0 Å². The normalized spacial score (nSPS) is 25.9. The lowest BCUT2D eigenvalue weighted by atomic mass is 9.79. The summed E-state index contributed by atoms with van der Waals surface area (Å²) in [7, 11) is 0. The molecular formula is C16H22Br2N2. The van der Waals surface area contributed by atoms with Gasteiger partial charge in [0.15, 0.2) is 0 Å². The fraction of sp³-hybridized carbons (Fsp3) is 0.625. The van der Waals surface area contributed by atoms with Crippen molar-refractivity contribution in [3.05, 3.63) is 27.1 Å². The summed E-state index contributed by atoms with van der Waals surface area (Å²) in [6.07, 6.45) is 6.78. The highest BCUT2D eigenvalue weighted by molar-refractivity contribution is 9.11. The van der Waals surface area contributed by atoms with Crippen LogP contribution in [0.15, 0.2) is 27.1 Å². The maximum Gasteiger partial charge on any atom is 0.0525 e. The Balaban J connectivity index is 1.88. The van der Waals surface area contributed by atoms with Crippen LogP contribution in [0.5, 0.6) is 0 Å². The first-order valence-electron chi connectivity index (χ1n) is 7.56. The number of hydrogen-bond donors (Lipinski definition) is 1. The van der Waals surface area contributed by atoms with Crippen molar-refractivity contribution >= 4 is 37.5 Å². The first-order chi connectivity index (χ1) is 9.60. The van der Waals surface area contributed by atoms with E-state index in [1.165, 1.54) is 42.3 Å². The molecule has 1 heterocycles. The van der Waals surface area contributed by atoms with Crippen molar-refractivity contribution in [3.63, 3.8) is 0 Å². The molecule has 0 radical (unpaired) electrons. The Labute approximate surface area is 138 Å². The summed E-state index contributed by atoms with van der Waals surface area (Å²) >= 11 is 7.33. The molecule has 0 aromatic heterocycles. The summed E-state index contributed by atoms with van der Waals surface area (Å²) in [6, 6.07) is 7.01. The molecule has 0 amide bonds. The molecule has 2 fully saturated rings. The molecule has 1 N–H and O–H groups in total. The Kier molecular flexibility index (Phi) is 4.44. The Bertz CT molecular complexity index is 483. The third-order valence-corrected chi connectivity index (χ3v) is 5.97. The van der Waals surface area contributed by atoms with E-state index in [1.807, 2.05) is 0 Å². The van der Waals surface area contributed by atoms with Crippen LogP contribution in [0.25, 0.3) is 0 Å². The van der Waals surface area contributed by atoms with Crippen LogP contribution >= 0.6 is 31.9 Å². The van der Waals surface area contributed by atoms with Crippen molar-refractivity contribution in [2.24, 2.45) is 0 Å². The van der Waals surface area contributed by atoms with Gasteiger partial charge in [-0.25, -0.2) is 0 Å². The molecule has 1 saturated carbocycles. The maximum atomic E-state index is 3.85. The van der Waals surface area contributed by atoms with E-state index in [2.05, 4.69) is 67.2 Å². The van der Waals surface area contributed by atoms with Gasteiger partial charge in [0.05, 0.1) is 5.69 Å². The summed E-state index contributed by atoms with van der Waals surface area (Å²) in [5.41, 5.74) is 1.66. The third-order valence-electron chi connectivity index (χ3n) is 4.81. The van der Waals surface area contributed by atoms with Gasteiger partial charge < -0.3 is 10.2 Å². The molecule has 4 heteroatoms. The van der Waals surface area contributed by atoms with Gasteiger partial charge in [-0.2, -0.15) is 0 Å². The second-order valence-corrected chi connectivity index (χ2v) is 8.06. The van der Waals surface area contributed by atoms with Crippen LogP contribution < -0.4 is 10.2 Å². The lowest BCUT2D eigenvalue weighted by Crippen LogP contribution is -2.64. The van der Waals surface area contributed by atoms with E-state index in [0.717, 1.165) is 17.6 Å². The third kappa shape index (κ3) is 2.93. The van der Waals surface area contributed by atoms with Crippen molar-refractivity contribution in [3.8, 4) is 0 Å². The van der Waals surface area contributed by atoms with Crippen molar-refractivity contribution in [1.82, 2.24) is 5.32 Å². The molecule has 1 unspecified atom stereocenters. The summed E-state index contributed by atoms with van der Waals surface area (Å²) < 4.78 is 2.35. The quantitative estimate of drug-likeness (QED) is 0.732. The minimum absolute atomic E-state index is 0.340. The Morgan fingerprint density at radius 2 is 1.95 bits per heavy atom. The van der Waals surface area contributed by atoms with E-state index in [0.29, 0.717) is 11.6 Å². The molecule has 2 nitrogen and oxygen atoms in total. The molecule has 1 aliphatic carbocycles. The fourth-order valence-electron chi connectivity index (χ4n) is 3.60. The predicted molar refractivity (Wildman–Crippen MR) is 92.5 cm³/mol. The van der Waals surface area contributed by atoms with E-state index in [4.69, 9.17) is 0 Å². The zero-order valence-corrected chi connectivity index (χ0v) is 15.1. The molecule has 1 aromatic carbocycles. The number of rotatable bonds is 1. The van der Waals surface area contributed by atoms with Gasteiger partial charge in [-0.1, -0.05) is 35.2 Å². The predicted octanol–water partition coefficient (Wildman–Crippen LogP) is 4.71. The zero-order chi connectivity index (χ0) is 14.2. The molecule has 110 valence electrons. The number of anilines is 1. The fourth-order valence-corrected chi connectivity index (χ4v) is 4.43. The van der Waals surface area contributed by atoms with E-state index >= 15 is 0 Å². The highest BCUT2D eigenvalue weighted by Crippen LogP contribution is 2.37. The molecule has 3 rings (SSSR count). The monoisotopic (exact) mass is 400 g/mol. The molecule has 1 saturated heterocycles. The highest BCUT2D eigenvalue weighted by Gasteiger charge is 2.39. The summed E-state index contributed by atoms with van der Waals surface area (Å²) in [5.74, 6) is 0. The van der Waals surface area contributed by atoms with Crippen LogP contribution in [0.1, 0.15) is 39.0 Å². The van der Waals surface area contributed by atoms with Crippen LogP contribution in [-0.2, 0) is 0 Å². The molecule has 1 atom stereocenters. The van der Waals surface area contributed by atoms with E-state index in [-0.39, 0.29) is 0 Å². The van der Waals surface area contributed by atoms with E-state index < -0.39 is 0 Å². The largest absolute Gasteiger partial charge is 0.365 e. The van der Waals surface area contributed by atoms with E-state index in [9.17, 15) is 0 Å². The van der Waals surface area contributed by atoms with Crippen molar-refractivity contribution in [2.75, 3.05) is 18.0 Å². The van der Waals surface area contributed by atoms with Gasteiger partial charge in [0, 0.05) is 33.6 Å². The SMILES string of the molecule is CC1CNC2(CCCCC2)CN1c1cc(Br)ccc1Br. The molecule has 20 heavy (non-hydrogen) atoms. The second kappa shape index (κ2) is 5.98. The molecular weight excluding hydrogens is 380 g/mol. The number of piperazine rings is 1. The van der Waals surface area contributed by atoms with Gasteiger partial charge >= 0.3 is 0 Å². The molecule has 1 aliphatic heterocycles. The Morgan fingerprint density at radius 3 is 2.70 bits per heavy atom. The van der Waals surface area contributed by atoms with Crippen molar-refractivity contribution in [1.29, 1.82) is 0 Å². The number of nitrogens with zero attached hydrogens (tertiary/aromatic N) is 1. The molecule has 1 aromatic rings. The lowest BCUT2D eigenvalue weighted by molar-refractivity contribution is 0.200. The number of halogens is 2. The van der Waals surface area contributed by atoms with Crippen LogP contribution in [-0.4, -0.2) is 24.7 Å². The smallest absolute Gasteiger partial charge is 0.0525 e. The number of nitrogens with one attached hydrogen (secondary N) is 1. The first-order valence-corrected chi connectivity index (χ1v) is 9.15. The first kappa shape index (κ1) is 14.9. The van der Waals surface area contributed by atoms with Gasteiger partial charge in [-0.15, -0.1) is 0 Å². The van der Waals surface area contributed by atoms with Crippen LogP contribution in [0.3, 0.4) is 0 Å². The average Bonchev–Trinajstić information content (AvgIpc) is 2.46. The Hall–Kier alpha value is -0.0600. The van der Waals surface area contributed by atoms with Gasteiger partial charge in [0.1, 0.15) is 0 Å². The zero-order valence-electron chi connectivity index (χ0n) is 12.0. The Morgan fingerprint density at radius 1 is 1.20 bits per heavy atom. The van der Waals surface area contributed by atoms with Crippen LogP contribution in [0.4, 0.5) is 5.69 Å². The number of hydrogen-bond acceptors (Lipinski definition) is 2. The maximum absolute atomic E-state index is 3.85. The minimum atomic E-state index is 0.340. The minimum Gasteiger partial charge on any atom is -0.365 e. The van der Waals surface area contributed by atoms with Gasteiger partial charge in [0.2, 0.25) is 0 Å². The standard InChI is InChI=1S/C16H22Br2N2/c1-12-10-19-16(7-3-2-4-8-16)11-20(12)15-9-13(17)5-6-14(15)18/h5-6,9,12,19H,2-4,7-8,10-11H2,1H3.